The van der Waals surface area contributed by atoms with Crippen LogP contribution >= 0.6 is 0 Å². The molecule has 7 heteroatoms. The first-order valence-electron chi connectivity index (χ1n) is 11.0. The molecule has 1 aromatic carbocycles. The predicted octanol–water partition coefficient (Wildman–Crippen LogP) is 3.87. The molecule has 0 saturated carbocycles. The van der Waals surface area contributed by atoms with Gasteiger partial charge in [-0.15, -0.1) is 0 Å². The van der Waals surface area contributed by atoms with Crippen molar-refractivity contribution in [2.24, 2.45) is 13.0 Å². The summed E-state index contributed by atoms with van der Waals surface area (Å²) < 4.78 is 12.7. The minimum atomic E-state index is -0.202. The van der Waals surface area contributed by atoms with Gasteiger partial charge < -0.3 is 14.8 Å². The van der Waals surface area contributed by atoms with Gasteiger partial charge in [0.1, 0.15) is 5.75 Å². The molecule has 1 N–H and O–H groups in total. The molecule has 0 unspecified atom stereocenters. The summed E-state index contributed by atoms with van der Waals surface area (Å²) in [5, 5.41) is 12.5. The summed E-state index contributed by atoms with van der Waals surface area (Å²) in [6.45, 7) is 7.97. The number of nitrogens with one attached hydrogen (secondary N) is 1. The van der Waals surface area contributed by atoms with Crippen LogP contribution in [0.3, 0.4) is 0 Å². The fraction of sp³-hybridized carbons (Fsp3) is 0.346. The zero-order chi connectivity index (χ0) is 23.8. The van der Waals surface area contributed by atoms with E-state index in [0.29, 0.717) is 35.1 Å². The average molecular weight is 447 g/mol. The van der Waals surface area contributed by atoms with Crippen LogP contribution in [0.15, 0.2) is 59.4 Å². The third-order valence-corrected chi connectivity index (χ3v) is 5.77. The lowest BCUT2D eigenvalue weighted by atomic mass is 9.99. The third kappa shape index (κ3) is 5.79. The van der Waals surface area contributed by atoms with E-state index in [1.807, 2.05) is 31.2 Å². The molecule has 1 aliphatic rings. The largest absolute Gasteiger partial charge is 0.497 e. The van der Waals surface area contributed by atoms with Crippen molar-refractivity contribution >= 4 is 5.57 Å². The number of rotatable bonds is 8. The van der Waals surface area contributed by atoms with Gasteiger partial charge in [0.2, 0.25) is 0 Å². The number of allylic oxidation sites excluding steroid dienone is 5. The van der Waals surface area contributed by atoms with Crippen LogP contribution in [0.25, 0.3) is 16.7 Å². The number of benzene rings is 1. The van der Waals surface area contributed by atoms with E-state index in [1.54, 1.807) is 26.3 Å². The zero-order valence-corrected chi connectivity index (χ0v) is 19.4. The first-order valence-corrected chi connectivity index (χ1v) is 11.0. The van der Waals surface area contributed by atoms with Crippen molar-refractivity contribution in [1.82, 2.24) is 14.9 Å². The van der Waals surface area contributed by atoms with Crippen molar-refractivity contribution in [3.05, 3.63) is 70.7 Å². The summed E-state index contributed by atoms with van der Waals surface area (Å²) in [5.41, 5.74) is 2.66. The number of ether oxygens (including phenoxy) is 2. The second kappa shape index (κ2) is 11.3. The predicted molar refractivity (Wildman–Crippen MR) is 130 cm³/mol. The fourth-order valence-electron chi connectivity index (χ4n) is 3.70. The van der Waals surface area contributed by atoms with Crippen LogP contribution in [0.2, 0.25) is 0 Å². The van der Waals surface area contributed by atoms with E-state index < -0.39 is 0 Å². The first-order chi connectivity index (χ1) is 16.0. The molecular weight excluding hydrogens is 416 g/mol. The molecule has 1 aromatic heterocycles. The molecule has 0 radical (unpaired) electrons. The Morgan fingerprint density at radius 1 is 1.30 bits per heavy atom. The van der Waals surface area contributed by atoms with Crippen LogP contribution in [0.1, 0.15) is 25.5 Å². The summed E-state index contributed by atoms with van der Waals surface area (Å²) in [7, 11) is 3.27. The molecule has 0 bridgehead atoms. The van der Waals surface area contributed by atoms with Gasteiger partial charge in [-0.3, -0.25) is 9.36 Å². The van der Waals surface area contributed by atoms with Crippen LogP contribution in [0.5, 0.6) is 11.8 Å². The van der Waals surface area contributed by atoms with Gasteiger partial charge in [0.05, 0.1) is 36.6 Å². The Hall–Kier alpha value is -3.63. The maximum atomic E-state index is 13.5. The van der Waals surface area contributed by atoms with Crippen LogP contribution in [-0.2, 0) is 7.05 Å². The van der Waals surface area contributed by atoms with Crippen molar-refractivity contribution < 1.29 is 9.47 Å². The Morgan fingerprint density at radius 2 is 2.00 bits per heavy atom. The summed E-state index contributed by atoms with van der Waals surface area (Å²) in [6, 6.07) is 9.65. The number of hydrogen-bond acceptors (Lipinski definition) is 6. The number of aromatic nitrogens is 2. The van der Waals surface area contributed by atoms with Gasteiger partial charge >= 0.3 is 0 Å². The average Bonchev–Trinajstić information content (AvgIpc) is 2.86. The van der Waals surface area contributed by atoms with Crippen LogP contribution in [0, 0.1) is 17.2 Å². The topological polar surface area (TPSA) is 89.2 Å². The van der Waals surface area contributed by atoms with Crippen LogP contribution < -0.4 is 20.3 Å². The number of methoxy groups -OCH3 is 1. The van der Waals surface area contributed by atoms with Crippen LogP contribution in [0.4, 0.5) is 0 Å². The smallest absolute Gasteiger partial charge is 0.299 e. The zero-order valence-electron chi connectivity index (χ0n) is 19.4. The molecule has 1 saturated heterocycles. The Morgan fingerprint density at radius 3 is 2.61 bits per heavy atom. The third-order valence-electron chi connectivity index (χ3n) is 5.77. The van der Waals surface area contributed by atoms with Gasteiger partial charge in [0.25, 0.3) is 11.6 Å². The van der Waals surface area contributed by atoms with E-state index in [2.05, 4.69) is 18.0 Å². The van der Waals surface area contributed by atoms with Crippen molar-refractivity contribution in [2.45, 2.75) is 19.8 Å². The molecular formula is C26H30N4O3. The Balaban J connectivity index is 2.08. The van der Waals surface area contributed by atoms with Crippen LogP contribution in [-0.4, -0.2) is 36.4 Å². The fourth-order valence-corrected chi connectivity index (χ4v) is 3.70. The molecule has 0 aliphatic carbocycles. The molecule has 172 valence electrons. The quantitative estimate of drug-likeness (QED) is 0.489. The molecule has 2 heterocycles. The van der Waals surface area contributed by atoms with Gasteiger partial charge in [-0.25, -0.2) is 0 Å². The maximum absolute atomic E-state index is 13.5. The normalized spacial score (nSPS) is 15.1. The van der Waals surface area contributed by atoms with E-state index in [0.717, 1.165) is 37.1 Å². The van der Waals surface area contributed by atoms with Gasteiger partial charge in [-0.2, -0.15) is 10.2 Å². The Labute approximate surface area is 194 Å². The van der Waals surface area contributed by atoms with E-state index in [4.69, 9.17) is 14.5 Å². The summed E-state index contributed by atoms with van der Waals surface area (Å²) in [6.07, 6.45) is 6.99. The van der Waals surface area contributed by atoms with Gasteiger partial charge in [0, 0.05) is 7.05 Å². The number of nitriles is 1. The van der Waals surface area contributed by atoms with Crippen molar-refractivity contribution in [1.29, 1.82) is 5.26 Å². The second-order valence-electron chi connectivity index (χ2n) is 8.00. The Kier molecular flexibility index (Phi) is 8.22. The standard InChI is InChI=1S/C26H30N4O3/c1-5-19(16-27)7-6-18(2)24-23(21-8-10-22(32-4)11-9-21)25(31)30(3)26(29-24)33-17-20-12-14-28-15-13-20/h5-11,20,28H,1,12-15,17H2,2-4H3/b18-6+,19-7+. The number of hydrogen-bond donors (Lipinski definition) is 1. The molecule has 3 rings (SSSR count). The number of nitrogens with zero attached hydrogens (tertiary/aromatic N) is 3. The van der Waals surface area contributed by atoms with Gasteiger partial charge in [0.15, 0.2) is 0 Å². The summed E-state index contributed by atoms with van der Waals surface area (Å²) in [4.78, 5) is 18.2. The summed E-state index contributed by atoms with van der Waals surface area (Å²) >= 11 is 0. The van der Waals surface area contributed by atoms with E-state index in [-0.39, 0.29) is 11.6 Å². The highest BCUT2D eigenvalue weighted by atomic mass is 16.5. The van der Waals surface area contributed by atoms with Gasteiger partial charge in [-0.05, 0) is 68.1 Å². The molecule has 0 spiro atoms. The molecule has 7 nitrogen and oxygen atoms in total. The monoisotopic (exact) mass is 446 g/mol. The highest BCUT2D eigenvalue weighted by molar-refractivity contribution is 5.79. The lowest BCUT2D eigenvalue weighted by Crippen LogP contribution is -2.31. The van der Waals surface area contributed by atoms with Crippen molar-refractivity contribution in [2.75, 3.05) is 26.8 Å². The Bertz CT molecular complexity index is 1150. The minimum absolute atomic E-state index is 0.202. The maximum Gasteiger partial charge on any atom is 0.299 e. The highest BCUT2D eigenvalue weighted by Crippen LogP contribution is 2.28. The molecule has 33 heavy (non-hydrogen) atoms. The van der Waals surface area contributed by atoms with E-state index in [9.17, 15) is 10.1 Å². The molecule has 1 fully saturated rings. The van der Waals surface area contributed by atoms with Crippen molar-refractivity contribution in [3.63, 3.8) is 0 Å². The molecule has 0 atom stereocenters. The molecule has 1 aliphatic heterocycles. The highest BCUT2D eigenvalue weighted by Gasteiger charge is 2.20. The van der Waals surface area contributed by atoms with Crippen molar-refractivity contribution in [3.8, 4) is 29.0 Å². The number of piperidine rings is 1. The van der Waals surface area contributed by atoms with Gasteiger partial charge in [-0.1, -0.05) is 30.9 Å². The minimum Gasteiger partial charge on any atom is -0.497 e. The lowest BCUT2D eigenvalue weighted by molar-refractivity contribution is 0.194. The first kappa shape index (κ1) is 24.0. The SMILES string of the molecule is C=C/C(C#N)=C\C=C(/C)c1nc(OCC2CCNCC2)n(C)c(=O)c1-c1ccc(OC)cc1. The molecule has 0 amide bonds. The second-order valence-corrected chi connectivity index (χ2v) is 8.00. The van der Waals surface area contributed by atoms with E-state index in [1.165, 1.54) is 10.6 Å². The summed E-state index contributed by atoms with van der Waals surface area (Å²) in [5.74, 6) is 1.13. The molecule has 2 aromatic rings. The van der Waals surface area contributed by atoms with E-state index >= 15 is 0 Å². The lowest BCUT2D eigenvalue weighted by Gasteiger charge is -2.23.